The zero-order valence-corrected chi connectivity index (χ0v) is 11.3. The van der Waals surface area contributed by atoms with Gasteiger partial charge in [-0.15, -0.1) is 0 Å². The van der Waals surface area contributed by atoms with Crippen LogP contribution in [0.2, 0.25) is 0 Å². The van der Waals surface area contributed by atoms with E-state index in [0.29, 0.717) is 6.42 Å². The first-order valence-corrected chi connectivity index (χ1v) is 6.24. The molecule has 1 amide bonds. The maximum Gasteiger partial charge on any atom is 0.277 e. The third-order valence-electron chi connectivity index (χ3n) is 2.78. The highest BCUT2D eigenvalue weighted by Gasteiger charge is 2.21. The number of aliphatic hydroxyl groups excluding tert-OH is 1. The molecule has 9 heteroatoms. The number of carbonyl (C=O) groups excluding carboxylic acids is 1. The van der Waals surface area contributed by atoms with Crippen molar-refractivity contribution in [1.29, 1.82) is 0 Å². The molecule has 1 atom stereocenters. The molecule has 1 unspecified atom stereocenters. The lowest BCUT2D eigenvalue weighted by Gasteiger charge is -2.15. The molecule has 1 rings (SSSR count). The molecule has 0 aromatic heterocycles. The van der Waals surface area contributed by atoms with E-state index in [-0.39, 0.29) is 12.2 Å². The Kier molecular flexibility index (Phi) is 5.73. The Morgan fingerprint density at radius 3 is 2.14 bits per heavy atom. The van der Waals surface area contributed by atoms with E-state index < -0.39 is 33.2 Å². The minimum atomic E-state index is -0.806. The Labute approximate surface area is 119 Å². The maximum atomic E-state index is 12.0. The summed E-state index contributed by atoms with van der Waals surface area (Å²) in [5.41, 5.74) is -1.26. The second kappa shape index (κ2) is 7.29. The second-order valence-electron chi connectivity index (χ2n) is 4.39. The van der Waals surface area contributed by atoms with Crippen LogP contribution in [0.1, 0.15) is 30.1 Å². The van der Waals surface area contributed by atoms with Crippen molar-refractivity contribution in [2.75, 3.05) is 6.61 Å². The maximum absolute atomic E-state index is 12.0. The summed E-state index contributed by atoms with van der Waals surface area (Å²) in [7, 11) is 0. The van der Waals surface area contributed by atoms with E-state index in [1.807, 2.05) is 6.92 Å². The number of hydrogen-bond acceptors (Lipinski definition) is 6. The van der Waals surface area contributed by atoms with Crippen molar-refractivity contribution in [3.05, 3.63) is 44.0 Å². The van der Waals surface area contributed by atoms with Crippen molar-refractivity contribution in [2.24, 2.45) is 0 Å². The van der Waals surface area contributed by atoms with Crippen LogP contribution >= 0.6 is 0 Å². The van der Waals surface area contributed by atoms with Gasteiger partial charge in [0.15, 0.2) is 0 Å². The number of nitrogens with one attached hydrogen (secondary N) is 1. The predicted molar refractivity (Wildman–Crippen MR) is 73.0 cm³/mol. The number of rotatable bonds is 7. The van der Waals surface area contributed by atoms with Crippen LogP contribution in [0.15, 0.2) is 18.2 Å². The number of nitro groups is 2. The zero-order valence-electron chi connectivity index (χ0n) is 11.3. The van der Waals surface area contributed by atoms with Crippen molar-refractivity contribution in [3.63, 3.8) is 0 Å². The van der Waals surface area contributed by atoms with E-state index in [1.54, 1.807) is 0 Å². The number of amides is 1. The lowest BCUT2D eigenvalue weighted by molar-refractivity contribution is -0.394. The second-order valence-corrected chi connectivity index (χ2v) is 4.39. The first-order valence-electron chi connectivity index (χ1n) is 6.24. The molecule has 0 aliphatic heterocycles. The van der Waals surface area contributed by atoms with Gasteiger partial charge in [-0.2, -0.15) is 0 Å². The van der Waals surface area contributed by atoms with Crippen molar-refractivity contribution in [3.8, 4) is 0 Å². The Bertz CT molecular complexity index is 528. The summed E-state index contributed by atoms with van der Waals surface area (Å²) < 4.78 is 0. The van der Waals surface area contributed by atoms with Crippen LogP contribution < -0.4 is 5.32 Å². The molecule has 9 nitrogen and oxygen atoms in total. The predicted octanol–water partition coefficient (Wildman–Crippen LogP) is 1.39. The molecule has 2 N–H and O–H groups in total. The van der Waals surface area contributed by atoms with Crippen molar-refractivity contribution >= 4 is 17.3 Å². The minimum Gasteiger partial charge on any atom is -0.394 e. The highest BCUT2D eigenvalue weighted by molar-refractivity contribution is 5.95. The molecule has 0 bridgehead atoms. The first-order chi connectivity index (χ1) is 9.88. The molecule has 0 fully saturated rings. The van der Waals surface area contributed by atoms with Gasteiger partial charge in [-0.3, -0.25) is 25.0 Å². The molecule has 0 spiro atoms. The summed E-state index contributed by atoms with van der Waals surface area (Å²) in [6.07, 6.45) is 1.25. The topological polar surface area (TPSA) is 136 Å². The quantitative estimate of drug-likeness (QED) is 0.576. The monoisotopic (exact) mass is 297 g/mol. The van der Waals surface area contributed by atoms with Crippen LogP contribution in [-0.4, -0.2) is 33.5 Å². The Morgan fingerprint density at radius 1 is 1.24 bits per heavy atom. The van der Waals surface area contributed by atoms with Gasteiger partial charge in [-0.25, -0.2) is 0 Å². The number of hydrogen-bond donors (Lipinski definition) is 2. The van der Waals surface area contributed by atoms with E-state index in [1.165, 1.54) is 0 Å². The fraction of sp³-hybridized carbons (Fsp3) is 0.417. The number of aliphatic hydroxyl groups is 1. The van der Waals surface area contributed by atoms with Crippen LogP contribution in [0.25, 0.3) is 0 Å². The Morgan fingerprint density at radius 2 is 1.76 bits per heavy atom. The van der Waals surface area contributed by atoms with Gasteiger partial charge >= 0.3 is 0 Å². The summed E-state index contributed by atoms with van der Waals surface area (Å²) in [5.74, 6) is -0.700. The molecule has 1 aromatic rings. The summed E-state index contributed by atoms with van der Waals surface area (Å²) >= 11 is 0. The summed E-state index contributed by atoms with van der Waals surface area (Å²) in [6.45, 7) is 1.59. The smallest absolute Gasteiger partial charge is 0.277 e. The van der Waals surface area contributed by atoms with E-state index in [4.69, 9.17) is 5.11 Å². The van der Waals surface area contributed by atoms with Crippen LogP contribution in [0, 0.1) is 20.2 Å². The van der Waals surface area contributed by atoms with Gasteiger partial charge in [0, 0.05) is 12.1 Å². The van der Waals surface area contributed by atoms with Gasteiger partial charge in [0.05, 0.1) is 34.1 Å². The third-order valence-corrected chi connectivity index (χ3v) is 2.78. The summed E-state index contributed by atoms with van der Waals surface area (Å²) in [6, 6.07) is 2.21. The van der Waals surface area contributed by atoms with E-state index in [0.717, 1.165) is 24.6 Å². The molecule has 1 aromatic carbocycles. The zero-order chi connectivity index (χ0) is 16.0. The molecule has 0 radical (unpaired) electrons. The Hall–Kier alpha value is -2.55. The molecule has 0 aliphatic carbocycles. The number of benzene rings is 1. The van der Waals surface area contributed by atoms with Crippen molar-refractivity contribution in [1.82, 2.24) is 5.32 Å². The number of carbonyl (C=O) groups is 1. The van der Waals surface area contributed by atoms with Crippen molar-refractivity contribution < 1.29 is 19.7 Å². The van der Waals surface area contributed by atoms with Crippen LogP contribution in [0.3, 0.4) is 0 Å². The SMILES string of the molecule is CCCC(CO)NC(=O)c1cc([N+](=O)[O-])cc([N+](=O)[O-])c1. The summed E-state index contributed by atoms with van der Waals surface area (Å²) in [5, 5.41) is 33.1. The van der Waals surface area contributed by atoms with Crippen LogP contribution in [-0.2, 0) is 0 Å². The first kappa shape index (κ1) is 16.5. The van der Waals surface area contributed by atoms with Crippen LogP contribution in [0.4, 0.5) is 11.4 Å². The standard InChI is InChI=1S/C12H15N3O6/c1-2-3-9(7-16)13-12(17)8-4-10(14(18)19)6-11(5-8)15(20)21/h4-6,9,16H,2-3,7H2,1H3,(H,13,17). The average molecular weight is 297 g/mol. The van der Waals surface area contributed by atoms with Gasteiger partial charge in [0.2, 0.25) is 0 Å². The highest BCUT2D eigenvalue weighted by Crippen LogP contribution is 2.22. The van der Waals surface area contributed by atoms with Gasteiger partial charge in [-0.05, 0) is 6.42 Å². The van der Waals surface area contributed by atoms with Crippen molar-refractivity contribution in [2.45, 2.75) is 25.8 Å². The van der Waals surface area contributed by atoms with E-state index in [2.05, 4.69) is 5.32 Å². The average Bonchev–Trinajstić information content (AvgIpc) is 2.45. The van der Waals surface area contributed by atoms with Gasteiger partial charge in [-0.1, -0.05) is 13.3 Å². The molecule has 0 saturated heterocycles. The minimum absolute atomic E-state index is 0.189. The van der Waals surface area contributed by atoms with Gasteiger partial charge in [0.25, 0.3) is 17.3 Å². The molecular weight excluding hydrogens is 282 g/mol. The largest absolute Gasteiger partial charge is 0.394 e. The van der Waals surface area contributed by atoms with E-state index in [9.17, 15) is 25.0 Å². The Balaban J connectivity index is 3.07. The lowest BCUT2D eigenvalue weighted by Crippen LogP contribution is -2.37. The molecule has 0 saturated carbocycles. The van der Waals surface area contributed by atoms with Gasteiger partial charge in [0.1, 0.15) is 0 Å². The lowest BCUT2D eigenvalue weighted by atomic mass is 10.1. The molecule has 0 heterocycles. The normalized spacial score (nSPS) is 11.7. The fourth-order valence-electron chi connectivity index (χ4n) is 1.76. The number of non-ortho nitro benzene ring substituents is 2. The number of nitrogens with zero attached hydrogens (tertiary/aromatic N) is 2. The van der Waals surface area contributed by atoms with Gasteiger partial charge < -0.3 is 10.4 Å². The fourth-order valence-corrected chi connectivity index (χ4v) is 1.76. The highest BCUT2D eigenvalue weighted by atomic mass is 16.6. The van der Waals surface area contributed by atoms with Crippen LogP contribution in [0.5, 0.6) is 0 Å². The molecule has 21 heavy (non-hydrogen) atoms. The molecule has 114 valence electrons. The summed E-state index contributed by atoms with van der Waals surface area (Å²) in [4.78, 5) is 31.8. The van der Waals surface area contributed by atoms with E-state index >= 15 is 0 Å². The molecular formula is C12H15N3O6. The number of nitro benzene ring substituents is 2. The molecule has 0 aliphatic rings. The third kappa shape index (κ3) is 4.49.